The Morgan fingerprint density at radius 3 is 2.77 bits per heavy atom. The Bertz CT molecular complexity index is 786. The van der Waals surface area contributed by atoms with Crippen LogP contribution in [0.3, 0.4) is 0 Å². The highest BCUT2D eigenvalue weighted by Crippen LogP contribution is 2.38. The number of imidazole rings is 1. The van der Waals surface area contributed by atoms with Crippen molar-refractivity contribution in [2.45, 2.75) is 44.4 Å². The number of fused-ring (bicyclic) bond motifs is 1. The van der Waals surface area contributed by atoms with Gasteiger partial charge >= 0.3 is 8.25 Å². The van der Waals surface area contributed by atoms with Crippen LogP contribution in [-0.2, 0) is 18.6 Å². The van der Waals surface area contributed by atoms with Gasteiger partial charge in [-0.05, 0) is 13.8 Å². The van der Waals surface area contributed by atoms with E-state index < -0.39 is 39.4 Å². The number of anilines is 1. The number of nitrogens with zero attached hydrogens (tertiary/aromatic N) is 4. The zero-order valence-corrected chi connectivity index (χ0v) is 15.4. The first-order chi connectivity index (χ1) is 12.5. The molecule has 0 saturated carbocycles. The molecule has 0 aromatic carbocycles. The topological polar surface area (TPSA) is 141 Å². The van der Waals surface area contributed by atoms with Gasteiger partial charge in [0.05, 0.1) is 12.9 Å². The van der Waals surface area contributed by atoms with Crippen LogP contribution in [0.25, 0.3) is 11.2 Å². The second-order valence-electron chi connectivity index (χ2n) is 6.10. The maximum Gasteiger partial charge on any atom is 0.695 e. The summed E-state index contributed by atoms with van der Waals surface area (Å²) in [4.78, 5) is 21.9. The number of nitrogens with one attached hydrogen (secondary N) is 1. The van der Waals surface area contributed by atoms with Crippen molar-refractivity contribution in [1.29, 1.82) is 0 Å². The van der Waals surface area contributed by atoms with Crippen molar-refractivity contribution in [1.82, 2.24) is 19.5 Å². The summed E-state index contributed by atoms with van der Waals surface area (Å²) in [6.07, 6.45) is -0.308. The molecule has 1 aliphatic rings. The van der Waals surface area contributed by atoms with Crippen molar-refractivity contribution in [3.8, 4) is 0 Å². The molecule has 0 spiro atoms. The minimum atomic E-state index is -2.88. The van der Waals surface area contributed by atoms with Crippen molar-refractivity contribution in [2.24, 2.45) is 0 Å². The average Bonchev–Trinajstić information content (AvgIpc) is 3.15. The van der Waals surface area contributed by atoms with E-state index in [1.54, 1.807) is 4.57 Å². The first-order valence-corrected chi connectivity index (χ1v) is 9.15. The van der Waals surface area contributed by atoms with Crippen LogP contribution >= 0.6 is 8.25 Å². The van der Waals surface area contributed by atoms with Crippen LogP contribution in [0.4, 0.5) is 5.82 Å². The molecule has 0 amide bonds. The molecule has 3 rings (SSSR count). The Morgan fingerprint density at radius 2 is 2.15 bits per heavy atom. The van der Waals surface area contributed by atoms with Crippen molar-refractivity contribution in [3.63, 3.8) is 0 Å². The molecule has 11 nitrogen and oxygen atoms in total. The Kier molecular flexibility index (Phi) is 5.76. The highest BCUT2D eigenvalue weighted by Gasteiger charge is 2.51. The number of aliphatic hydroxyl groups is 1. The molecule has 142 valence electrons. The highest BCUT2D eigenvalue weighted by atomic mass is 31.1. The standard InChI is InChI=1S/C14H20N5O6P/c1-7(2)18-12-9-13(16-5-15-12)19(6-17-9)14-11(23-3)10(25-26(21)22)8(4-20)24-14/h5-8,10-11,14,20H,4H2,1-3H3,(H-,15,16,18,21,22)/p+1/t8-,10+,11?,14-/m1/s1. The Hall–Kier alpha value is -1.75. The van der Waals surface area contributed by atoms with Gasteiger partial charge in [0.25, 0.3) is 0 Å². The number of aromatic nitrogens is 4. The highest BCUT2D eigenvalue weighted by molar-refractivity contribution is 7.32. The number of methoxy groups -OCH3 is 1. The molecule has 26 heavy (non-hydrogen) atoms. The summed E-state index contributed by atoms with van der Waals surface area (Å²) in [5.74, 6) is 0.584. The lowest BCUT2D eigenvalue weighted by molar-refractivity contribution is -0.0583. The number of hydrogen-bond donors (Lipinski definition) is 3. The van der Waals surface area contributed by atoms with Crippen molar-refractivity contribution in [2.75, 3.05) is 19.0 Å². The smallest absolute Gasteiger partial charge is 0.394 e. The fraction of sp³-hybridized carbons (Fsp3) is 0.643. The SMILES string of the molecule is COC1[C@@H](O[P+](=O)O)[C@@H](CO)O[C@H]1n1cnc2c(NC(C)C)ncnc21. The molecule has 0 radical (unpaired) electrons. The van der Waals surface area contributed by atoms with Crippen LogP contribution in [-0.4, -0.2) is 67.6 Å². The zero-order chi connectivity index (χ0) is 18.8. The number of rotatable bonds is 7. The van der Waals surface area contributed by atoms with Gasteiger partial charge in [-0.15, -0.1) is 9.42 Å². The van der Waals surface area contributed by atoms with Crippen LogP contribution in [0.15, 0.2) is 12.7 Å². The second-order valence-corrected chi connectivity index (χ2v) is 6.79. The van der Waals surface area contributed by atoms with E-state index in [1.165, 1.54) is 19.8 Å². The van der Waals surface area contributed by atoms with E-state index >= 15 is 0 Å². The zero-order valence-electron chi connectivity index (χ0n) is 14.5. The van der Waals surface area contributed by atoms with E-state index in [9.17, 15) is 9.67 Å². The van der Waals surface area contributed by atoms with Gasteiger partial charge in [-0.25, -0.2) is 15.0 Å². The monoisotopic (exact) mass is 386 g/mol. The summed E-state index contributed by atoms with van der Waals surface area (Å²) in [6.45, 7) is 3.57. The molecule has 0 aliphatic carbocycles. The predicted molar refractivity (Wildman–Crippen MR) is 90.6 cm³/mol. The molecule has 2 aromatic rings. The number of hydrogen-bond acceptors (Lipinski definition) is 9. The maximum atomic E-state index is 11.1. The normalized spacial score (nSPS) is 26.6. The van der Waals surface area contributed by atoms with E-state index in [4.69, 9.17) is 18.9 Å². The lowest BCUT2D eigenvalue weighted by Crippen LogP contribution is -2.35. The van der Waals surface area contributed by atoms with E-state index in [-0.39, 0.29) is 6.04 Å². The van der Waals surface area contributed by atoms with Gasteiger partial charge in [0, 0.05) is 17.7 Å². The van der Waals surface area contributed by atoms with E-state index in [2.05, 4.69) is 20.3 Å². The third-order valence-corrected chi connectivity index (χ3v) is 4.43. The van der Waals surface area contributed by atoms with Crippen molar-refractivity contribution < 1.29 is 28.6 Å². The van der Waals surface area contributed by atoms with Gasteiger partial charge in [0.1, 0.15) is 18.5 Å². The summed E-state index contributed by atoms with van der Waals surface area (Å²) in [6, 6.07) is 0.158. The third kappa shape index (κ3) is 3.54. The van der Waals surface area contributed by atoms with Gasteiger partial charge in [0.15, 0.2) is 29.3 Å². The summed E-state index contributed by atoms with van der Waals surface area (Å²) in [7, 11) is -1.45. The van der Waals surface area contributed by atoms with Gasteiger partial charge in [-0.3, -0.25) is 4.57 Å². The lowest BCUT2D eigenvalue weighted by atomic mass is 10.1. The second kappa shape index (κ2) is 7.87. The van der Waals surface area contributed by atoms with Crippen LogP contribution in [0, 0.1) is 0 Å². The Balaban J connectivity index is 1.98. The molecule has 3 N–H and O–H groups in total. The lowest BCUT2D eigenvalue weighted by Gasteiger charge is -2.19. The first kappa shape index (κ1) is 19.0. The Morgan fingerprint density at radius 1 is 1.38 bits per heavy atom. The fourth-order valence-corrected chi connectivity index (χ4v) is 3.44. The maximum absolute atomic E-state index is 11.1. The molecular weight excluding hydrogens is 365 g/mol. The van der Waals surface area contributed by atoms with Gasteiger partial charge in [-0.2, -0.15) is 0 Å². The van der Waals surface area contributed by atoms with E-state index in [0.29, 0.717) is 17.0 Å². The first-order valence-electron chi connectivity index (χ1n) is 8.02. The fourth-order valence-electron chi connectivity index (χ4n) is 2.98. The molecule has 3 heterocycles. The molecule has 2 unspecified atom stereocenters. The summed E-state index contributed by atoms with van der Waals surface area (Å²) in [5.41, 5.74) is 1.05. The van der Waals surface area contributed by atoms with Gasteiger partial charge in [0.2, 0.25) is 0 Å². The molecule has 5 atom stereocenters. The molecule has 1 saturated heterocycles. The largest absolute Gasteiger partial charge is 0.695 e. The Labute approximate surface area is 150 Å². The van der Waals surface area contributed by atoms with E-state index in [0.717, 1.165) is 0 Å². The number of ether oxygens (including phenoxy) is 2. The average molecular weight is 386 g/mol. The van der Waals surface area contributed by atoms with Crippen LogP contribution in [0.1, 0.15) is 20.1 Å². The third-order valence-electron chi connectivity index (χ3n) is 4.01. The summed E-state index contributed by atoms with van der Waals surface area (Å²) < 4.78 is 29.0. The molecule has 1 fully saturated rings. The predicted octanol–water partition coefficient (Wildman–Crippen LogP) is 0.586. The van der Waals surface area contributed by atoms with Crippen LogP contribution in [0.5, 0.6) is 0 Å². The molecule has 12 heteroatoms. The molecule has 0 bridgehead atoms. The minimum Gasteiger partial charge on any atom is -0.394 e. The molecular formula is C14H21N5O6P+. The molecule has 1 aliphatic heterocycles. The summed E-state index contributed by atoms with van der Waals surface area (Å²) >= 11 is 0. The van der Waals surface area contributed by atoms with Crippen molar-refractivity contribution in [3.05, 3.63) is 12.7 Å². The molecule has 2 aromatic heterocycles. The quantitative estimate of drug-likeness (QED) is 0.579. The number of aliphatic hydroxyl groups excluding tert-OH is 1. The van der Waals surface area contributed by atoms with Gasteiger partial charge < -0.3 is 19.9 Å². The minimum absolute atomic E-state index is 0.158. The summed E-state index contributed by atoms with van der Waals surface area (Å²) in [5, 5.41) is 12.7. The van der Waals surface area contributed by atoms with Gasteiger partial charge in [-0.1, -0.05) is 0 Å². The van der Waals surface area contributed by atoms with Crippen molar-refractivity contribution >= 4 is 25.2 Å². The van der Waals surface area contributed by atoms with Crippen LogP contribution in [0.2, 0.25) is 0 Å². The van der Waals surface area contributed by atoms with E-state index in [1.807, 2.05) is 13.8 Å². The van der Waals surface area contributed by atoms with Crippen LogP contribution < -0.4 is 5.32 Å².